The lowest BCUT2D eigenvalue weighted by atomic mass is 10.1. The smallest absolute Gasteiger partial charge is 0.123 e. The Labute approximate surface area is 127 Å². The number of hydrogen-bond acceptors (Lipinski definition) is 3. The van der Waals surface area contributed by atoms with Crippen LogP contribution in [0.5, 0.6) is 5.75 Å². The van der Waals surface area contributed by atoms with Crippen molar-refractivity contribution in [2.45, 2.75) is 19.4 Å². The molecule has 2 aromatic carbocycles. The normalized spacial score (nSPS) is 10.8. The van der Waals surface area contributed by atoms with E-state index in [9.17, 15) is 0 Å². The van der Waals surface area contributed by atoms with Crippen LogP contribution < -0.4 is 10.5 Å². The Balaban J connectivity index is 1.82. The minimum atomic E-state index is 0.893. The van der Waals surface area contributed by atoms with Crippen LogP contribution in [0.2, 0.25) is 0 Å². The van der Waals surface area contributed by atoms with Crippen LogP contribution in [0, 0.1) is 0 Å². The van der Waals surface area contributed by atoms with Crippen LogP contribution >= 0.6 is 0 Å². The molecule has 2 N–H and O–H groups in total. The first kappa shape index (κ1) is 15.4. The monoisotopic (exact) mass is 284 g/mol. The van der Waals surface area contributed by atoms with Gasteiger partial charge in [0, 0.05) is 17.8 Å². The molecule has 112 valence electrons. The molecule has 0 fully saturated rings. The Bertz CT molecular complexity index is 569. The summed E-state index contributed by atoms with van der Waals surface area (Å²) in [6.07, 6.45) is 2.11. The van der Waals surface area contributed by atoms with Gasteiger partial charge in [-0.25, -0.2) is 0 Å². The van der Waals surface area contributed by atoms with Gasteiger partial charge in [-0.05, 0) is 44.1 Å². The predicted octanol–water partition coefficient (Wildman–Crippen LogP) is 3.34. The molecule has 0 spiro atoms. The third kappa shape index (κ3) is 4.50. The lowest BCUT2D eigenvalue weighted by molar-refractivity contribution is 0.313. The van der Waals surface area contributed by atoms with Crippen LogP contribution in [0.25, 0.3) is 0 Å². The molecule has 0 heterocycles. The number of aryl methyl sites for hydroxylation is 1. The molecule has 0 radical (unpaired) electrons. The largest absolute Gasteiger partial charge is 0.496 e. The number of methoxy groups -OCH3 is 1. The number of nitrogens with zero attached hydrogens (tertiary/aromatic N) is 1. The van der Waals surface area contributed by atoms with Gasteiger partial charge in [-0.15, -0.1) is 0 Å². The van der Waals surface area contributed by atoms with Gasteiger partial charge in [0.05, 0.1) is 7.11 Å². The highest BCUT2D eigenvalue weighted by Gasteiger charge is 2.06. The second-order valence-electron chi connectivity index (χ2n) is 5.35. The quantitative estimate of drug-likeness (QED) is 0.793. The van der Waals surface area contributed by atoms with Crippen LogP contribution in [0.3, 0.4) is 0 Å². The fourth-order valence-corrected chi connectivity index (χ4v) is 2.50. The molecule has 0 aliphatic carbocycles. The maximum absolute atomic E-state index is 5.97. The fraction of sp³-hybridized carbons (Fsp3) is 0.333. The Morgan fingerprint density at radius 3 is 2.38 bits per heavy atom. The summed E-state index contributed by atoms with van der Waals surface area (Å²) in [5, 5.41) is 0. The first-order valence-electron chi connectivity index (χ1n) is 7.34. The summed E-state index contributed by atoms with van der Waals surface area (Å²) in [5.41, 5.74) is 9.33. The lowest BCUT2D eigenvalue weighted by Gasteiger charge is -2.18. The van der Waals surface area contributed by atoms with E-state index in [0.717, 1.165) is 37.4 Å². The average molecular weight is 284 g/mol. The Hall–Kier alpha value is -2.00. The molecule has 0 aliphatic heterocycles. The van der Waals surface area contributed by atoms with E-state index in [4.69, 9.17) is 10.5 Å². The highest BCUT2D eigenvalue weighted by atomic mass is 16.5. The minimum absolute atomic E-state index is 0.893. The SMILES string of the molecule is COc1ccccc1CN(C)CCCc1ccccc1N. The summed E-state index contributed by atoms with van der Waals surface area (Å²) >= 11 is 0. The highest BCUT2D eigenvalue weighted by Crippen LogP contribution is 2.19. The molecule has 0 amide bonds. The molecule has 3 heteroatoms. The zero-order valence-electron chi connectivity index (χ0n) is 12.9. The number of nitrogen functional groups attached to an aromatic ring is 1. The molecule has 0 bridgehead atoms. The predicted molar refractivity (Wildman–Crippen MR) is 88.5 cm³/mol. The van der Waals surface area contributed by atoms with Crippen molar-refractivity contribution in [1.29, 1.82) is 0 Å². The van der Waals surface area contributed by atoms with E-state index in [0.29, 0.717) is 0 Å². The molecule has 3 nitrogen and oxygen atoms in total. The maximum atomic E-state index is 5.97. The number of ether oxygens (including phenoxy) is 1. The second kappa shape index (κ2) is 7.70. The number of anilines is 1. The van der Waals surface area contributed by atoms with Crippen LogP contribution in [-0.4, -0.2) is 25.6 Å². The third-order valence-corrected chi connectivity index (χ3v) is 3.67. The van der Waals surface area contributed by atoms with E-state index in [-0.39, 0.29) is 0 Å². The molecule has 2 rings (SSSR count). The summed E-state index contributed by atoms with van der Waals surface area (Å²) in [4.78, 5) is 2.32. The molecule has 0 unspecified atom stereocenters. The topological polar surface area (TPSA) is 38.5 Å². The summed E-state index contributed by atoms with van der Waals surface area (Å²) in [7, 11) is 3.86. The van der Waals surface area contributed by atoms with E-state index in [1.807, 2.05) is 30.3 Å². The van der Waals surface area contributed by atoms with Crippen LogP contribution in [-0.2, 0) is 13.0 Å². The van der Waals surface area contributed by atoms with E-state index in [2.05, 4.69) is 30.1 Å². The molecule has 0 atom stereocenters. The van der Waals surface area contributed by atoms with Gasteiger partial charge < -0.3 is 15.4 Å². The molecular weight excluding hydrogens is 260 g/mol. The van der Waals surface area contributed by atoms with Crippen molar-refractivity contribution < 1.29 is 4.74 Å². The highest BCUT2D eigenvalue weighted by molar-refractivity contribution is 5.46. The van der Waals surface area contributed by atoms with Crippen LogP contribution in [0.4, 0.5) is 5.69 Å². The first-order valence-corrected chi connectivity index (χ1v) is 7.34. The Morgan fingerprint density at radius 2 is 1.67 bits per heavy atom. The van der Waals surface area contributed by atoms with Gasteiger partial charge in [0.15, 0.2) is 0 Å². The third-order valence-electron chi connectivity index (χ3n) is 3.67. The summed E-state index contributed by atoms with van der Waals surface area (Å²) in [6.45, 7) is 1.93. The number of benzene rings is 2. The maximum Gasteiger partial charge on any atom is 0.123 e. The number of para-hydroxylation sites is 2. The van der Waals surface area contributed by atoms with Crippen molar-refractivity contribution in [1.82, 2.24) is 4.90 Å². The van der Waals surface area contributed by atoms with Gasteiger partial charge in [-0.3, -0.25) is 0 Å². The molecule has 0 saturated heterocycles. The second-order valence-corrected chi connectivity index (χ2v) is 5.35. The molecule has 0 aromatic heterocycles. The van der Waals surface area contributed by atoms with Gasteiger partial charge >= 0.3 is 0 Å². The molecule has 0 saturated carbocycles. The van der Waals surface area contributed by atoms with Crippen molar-refractivity contribution in [3.8, 4) is 5.75 Å². The molecule has 2 aromatic rings. The van der Waals surface area contributed by atoms with Gasteiger partial charge in [0.1, 0.15) is 5.75 Å². The van der Waals surface area contributed by atoms with Gasteiger partial charge in [-0.2, -0.15) is 0 Å². The van der Waals surface area contributed by atoms with E-state index in [1.54, 1.807) is 7.11 Å². The van der Waals surface area contributed by atoms with Crippen LogP contribution in [0.15, 0.2) is 48.5 Å². The molecular formula is C18H24N2O. The number of nitrogens with two attached hydrogens (primary N) is 1. The van der Waals surface area contributed by atoms with E-state index in [1.165, 1.54) is 11.1 Å². The summed E-state index contributed by atoms with van der Waals surface area (Å²) in [5.74, 6) is 0.955. The first-order chi connectivity index (χ1) is 10.2. The van der Waals surface area contributed by atoms with E-state index >= 15 is 0 Å². The minimum Gasteiger partial charge on any atom is -0.496 e. The Morgan fingerprint density at radius 1 is 1.00 bits per heavy atom. The van der Waals surface area contributed by atoms with Crippen molar-refractivity contribution in [3.63, 3.8) is 0 Å². The van der Waals surface area contributed by atoms with Crippen molar-refractivity contribution >= 4 is 5.69 Å². The number of hydrogen-bond donors (Lipinski definition) is 1. The Kier molecular flexibility index (Phi) is 5.64. The molecule has 0 aliphatic rings. The summed E-state index contributed by atoms with van der Waals surface area (Å²) in [6, 6.07) is 16.3. The molecule has 21 heavy (non-hydrogen) atoms. The average Bonchev–Trinajstić information content (AvgIpc) is 2.50. The zero-order valence-corrected chi connectivity index (χ0v) is 12.9. The standard InChI is InChI=1S/C18H24N2O/c1-20(14-16-9-4-6-12-18(16)21-2)13-7-10-15-8-3-5-11-17(15)19/h3-6,8-9,11-12H,7,10,13-14,19H2,1-2H3. The van der Waals surface area contributed by atoms with Gasteiger partial charge in [-0.1, -0.05) is 36.4 Å². The van der Waals surface area contributed by atoms with Crippen molar-refractivity contribution in [3.05, 3.63) is 59.7 Å². The lowest BCUT2D eigenvalue weighted by Crippen LogP contribution is -2.20. The van der Waals surface area contributed by atoms with Gasteiger partial charge in [0.2, 0.25) is 0 Å². The fourth-order valence-electron chi connectivity index (χ4n) is 2.50. The summed E-state index contributed by atoms with van der Waals surface area (Å²) < 4.78 is 5.39. The van der Waals surface area contributed by atoms with E-state index < -0.39 is 0 Å². The number of rotatable bonds is 7. The van der Waals surface area contributed by atoms with Gasteiger partial charge in [0.25, 0.3) is 0 Å². The van der Waals surface area contributed by atoms with Crippen LogP contribution in [0.1, 0.15) is 17.5 Å². The van der Waals surface area contributed by atoms with Crippen molar-refractivity contribution in [2.24, 2.45) is 0 Å². The zero-order chi connectivity index (χ0) is 15.1. The van der Waals surface area contributed by atoms with Crippen molar-refractivity contribution in [2.75, 3.05) is 26.4 Å².